The number of ether oxygens (including phenoxy) is 1. The molecule has 0 aromatic rings. The van der Waals surface area contributed by atoms with E-state index in [2.05, 4.69) is 31.3 Å². The molecule has 1 aliphatic rings. The maximum atomic E-state index is 5.51. The van der Waals surface area contributed by atoms with Gasteiger partial charge < -0.3 is 10.1 Å². The van der Waals surface area contributed by atoms with Crippen molar-refractivity contribution in [1.82, 2.24) is 5.32 Å². The van der Waals surface area contributed by atoms with Crippen molar-refractivity contribution in [1.29, 1.82) is 0 Å². The molecule has 14 heavy (non-hydrogen) atoms. The van der Waals surface area contributed by atoms with Gasteiger partial charge in [0.25, 0.3) is 0 Å². The van der Waals surface area contributed by atoms with Gasteiger partial charge in [-0.15, -0.1) is 0 Å². The summed E-state index contributed by atoms with van der Waals surface area (Å²) in [6.07, 6.45) is 9.84. The predicted molar refractivity (Wildman–Crippen MR) is 60.2 cm³/mol. The van der Waals surface area contributed by atoms with Crippen LogP contribution in [0.15, 0.2) is 24.0 Å². The molecule has 1 N–H and O–H groups in total. The number of hydrogen-bond donors (Lipinski definition) is 1. The summed E-state index contributed by atoms with van der Waals surface area (Å²) in [6.45, 7) is 6.36. The van der Waals surface area contributed by atoms with Crippen LogP contribution < -0.4 is 5.32 Å². The van der Waals surface area contributed by atoms with E-state index >= 15 is 0 Å². The summed E-state index contributed by atoms with van der Waals surface area (Å²) in [5, 5.41) is 3.35. The lowest BCUT2D eigenvalue weighted by molar-refractivity contribution is 0.164. The molecular weight excluding hydrogens is 174 g/mol. The Kier molecular flexibility index (Phi) is 5.38. The Hall–Kier alpha value is -0.760. The molecule has 1 atom stereocenters. The number of likely N-dealkylation sites (N-methyl/N-ethyl adjacent to an activating group) is 1. The highest BCUT2D eigenvalue weighted by Crippen LogP contribution is 2.14. The first-order valence-electron chi connectivity index (χ1n) is 5.57. The van der Waals surface area contributed by atoms with Crippen molar-refractivity contribution in [3.63, 3.8) is 0 Å². The molecule has 1 heterocycles. The normalized spacial score (nSPS) is 22.1. The minimum Gasteiger partial charge on any atom is -0.494 e. The van der Waals surface area contributed by atoms with Crippen LogP contribution in [0.5, 0.6) is 0 Å². The molecule has 1 rings (SSSR count). The summed E-state index contributed by atoms with van der Waals surface area (Å²) < 4.78 is 5.51. The SMILES string of the molecule is CCNCC(=CC1CCC=CO1)CC. The molecule has 2 heteroatoms. The van der Waals surface area contributed by atoms with Crippen molar-refractivity contribution in [3.05, 3.63) is 24.0 Å². The maximum absolute atomic E-state index is 5.51. The Balaban J connectivity index is 2.40. The van der Waals surface area contributed by atoms with Crippen molar-refractivity contribution in [3.8, 4) is 0 Å². The van der Waals surface area contributed by atoms with E-state index in [-0.39, 0.29) is 0 Å². The summed E-state index contributed by atoms with van der Waals surface area (Å²) in [6, 6.07) is 0. The second kappa shape index (κ2) is 6.66. The van der Waals surface area contributed by atoms with Crippen LogP contribution in [0.3, 0.4) is 0 Å². The Labute approximate surface area is 87.0 Å². The highest BCUT2D eigenvalue weighted by atomic mass is 16.5. The summed E-state index contributed by atoms with van der Waals surface area (Å²) >= 11 is 0. The van der Waals surface area contributed by atoms with E-state index in [0.29, 0.717) is 6.10 Å². The van der Waals surface area contributed by atoms with E-state index in [9.17, 15) is 0 Å². The molecule has 0 bridgehead atoms. The van der Waals surface area contributed by atoms with Crippen molar-refractivity contribution in [2.75, 3.05) is 13.1 Å². The summed E-state index contributed by atoms with van der Waals surface area (Å²) in [4.78, 5) is 0. The van der Waals surface area contributed by atoms with E-state index in [4.69, 9.17) is 4.74 Å². The largest absolute Gasteiger partial charge is 0.494 e. The predicted octanol–water partition coefficient (Wildman–Crippen LogP) is 2.63. The first kappa shape index (κ1) is 11.3. The standard InChI is InChI=1S/C12H21NO/c1-3-11(10-13-4-2)9-12-7-5-6-8-14-12/h6,8-9,12-13H,3-5,7,10H2,1-2H3. The fourth-order valence-corrected chi connectivity index (χ4v) is 1.53. The van der Waals surface area contributed by atoms with Crippen LogP contribution in [-0.2, 0) is 4.74 Å². The van der Waals surface area contributed by atoms with Gasteiger partial charge in [-0.2, -0.15) is 0 Å². The van der Waals surface area contributed by atoms with Crippen LogP contribution in [0.25, 0.3) is 0 Å². The zero-order chi connectivity index (χ0) is 10.2. The second-order valence-electron chi connectivity index (χ2n) is 3.58. The van der Waals surface area contributed by atoms with Gasteiger partial charge in [0.05, 0.1) is 6.26 Å². The van der Waals surface area contributed by atoms with Crippen LogP contribution >= 0.6 is 0 Å². The lowest BCUT2D eigenvalue weighted by atomic mass is 10.1. The Morgan fingerprint density at radius 3 is 3.00 bits per heavy atom. The average Bonchev–Trinajstić information content (AvgIpc) is 2.25. The molecule has 2 nitrogen and oxygen atoms in total. The fourth-order valence-electron chi connectivity index (χ4n) is 1.53. The van der Waals surface area contributed by atoms with Gasteiger partial charge in [-0.05, 0) is 38.0 Å². The molecule has 1 unspecified atom stereocenters. The van der Waals surface area contributed by atoms with Crippen LogP contribution in [-0.4, -0.2) is 19.2 Å². The molecule has 0 aliphatic carbocycles. The van der Waals surface area contributed by atoms with E-state index in [1.54, 1.807) is 0 Å². The fraction of sp³-hybridized carbons (Fsp3) is 0.667. The lowest BCUT2D eigenvalue weighted by Crippen LogP contribution is -2.18. The van der Waals surface area contributed by atoms with E-state index in [1.807, 2.05) is 6.26 Å². The summed E-state index contributed by atoms with van der Waals surface area (Å²) in [7, 11) is 0. The smallest absolute Gasteiger partial charge is 0.117 e. The molecule has 80 valence electrons. The number of nitrogens with one attached hydrogen (secondary N) is 1. The van der Waals surface area contributed by atoms with Crippen LogP contribution in [0.4, 0.5) is 0 Å². The minimum absolute atomic E-state index is 0.300. The third kappa shape index (κ3) is 3.97. The van der Waals surface area contributed by atoms with Gasteiger partial charge in [0.2, 0.25) is 0 Å². The first-order chi connectivity index (χ1) is 6.86. The zero-order valence-electron chi connectivity index (χ0n) is 9.25. The van der Waals surface area contributed by atoms with Crippen molar-refractivity contribution in [2.45, 2.75) is 39.2 Å². The number of allylic oxidation sites excluding steroid dienone is 1. The van der Waals surface area contributed by atoms with Gasteiger partial charge in [0.1, 0.15) is 6.10 Å². The molecule has 0 amide bonds. The highest BCUT2D eigenvalue weighted by Gasteiger charge is 2.08. The van der Waals surface area contributed by atoms with Crippen LogP contribution in [0, 0.1) is 0 Å². The van der Waals surface area contributed by atoms with Gasteiger partial charge in [-0.25, -0.2) is 0 Å². The molecule has 0 saturated heterocycles. The second-order valence-corrected chi connectivity index (χ2v) is 3.58. The maximum Gasteiger partial charge on any atom is 0.117 e. The van der Waals surface area contributed by atoms with Gasteiger partial charge >= 0.3 is 0 Å². The Morgan fingerprint density at radius 2 is 2.43 bits per heavy atom. The highest BCUT2D eigenvalue weighted by molar-refractivity contribution is 5.08. The molecule has 0 aromatic heterocycles. The molecule has 0 saturated carbocycles. The average molecular weight is 195 g/mol. The van der Waals surface area contributed by atoms with Crippen molar-refractivity contribution < 1.29 is 4.74 Å². The summed E-state index contributed by atoms with van der Waals surface area (Å²) in [5.74, 6) is 0. The van der Waals surface area contributed by atoms with Crippen molar-refractivity contribution in [2.24, 2.45) is 0 Å². The monoisotopic (exact) mass is 195 g/mol. The number of hydrogen-bond acceptors (Lipinski definition) is 2. The molecule has 0 aromatic carbocycles. The van der Waals surface area contributed by atoms with Crippen LogP contribution in [0.1, 0.15) is 33.1 Å². The van der Waals surface area contributed by atoms with Crippen molar-refractivity contribution >= 4 is 0 Å². The summed E-state index contributed by atoms with van der Waals surface area (Å²) in [5.41, 5.74) is 1.45. The van der Waals surface area contributed by atoms with Gasteiger partial charge in [0, 0.05) is 6.54 Å². The third-order valence-electron chi connectivity index (χ3n) is 2.45. The van der Waals surface area contributed by atoms with Gasteiger partial charge in [0.15, 0.2) is 0 Å². The molecular formula is C12H21NO. The quantitative estimate of drug-likeness (QED) is 0.681. The Bertz CT molecular complexity index is 208. The van der Waals surface area contributed by atoms with Gasteiger partial charge in [-0.1, -0.05) is 19.4 Å². The number of rotatable bonds is 5. The van der Waals surface area contributed by atoms with E-state index in [1.165, 1.54) is 5.57 Å². The van der Waals surface area contributed by atoms with Gasteiger partial charge in [-0.3, -0.25) is 0 Å². The zero-order valence-corrected chi connectivity index (χ0v) is 9.25. The molecule has 0 spiro atoms. The third-order valence-corrected chi connectivity index (χ3v) is 2.45. The molecule has 1 aliphatic heterocycles. The first-order valence-corrected chi connectivity index (χ1v) is 5.57. The Morgan fingerprint density at radius 1 is 1.57 bits per heavy atom. The molecule has 0 radical (unpaired) electrons. The lowest BCUT2D eigenvalue weighted by Gasteiger charge is -2.17. The minimum atomic E-state index is 0.300. The van der Waals surface area contributed by atoms with E-state index < -0.39 is 0 Å². The van der Waals surface area contributed by atoms with Crippen LogP contribution in [0.2, 0.25) is 0 Å². The molecule has 0 fully saturated rings. The van der Waals surface area contributed by atoms with E-state index in [0.717, 1.165) is 32.4 Å². The topological polar surface area (TPSA) is 21.3 Å².